The Morgan fingerprint density at radius 1 is 1.27 bits per heavy atom. The minimum absolute atomic E-state index is 0.0787. The van der Waals surface area contributed by atoms with Crippen molar-refractivity contribution in [2.24, 2.45) is 5.73 Å². The molecule has 1 saturated carbocycles. The Bertz CT molecular complexity index is 740. The molecule has 2 aromatic rings. The summed E-state index contributed by atoms with van der Waals surface area (Å²) in [5.41, 5.74) is 6.59. The largest absolute Gasteiger partial charge is 0.357 e. The van der Waals surface area contributed by atoms with Gasteiger partial charge in [-0.25, -0.2) is 0 Å². The molecular formula is C18H27N7O. The molecule has 0 spiro atoms. The van der Waals surface area contributed by atoms with Gasteiger partial charge < -0.3 is 20.2 Å². The van der Waals surface area contributed by atoms with E-state index in [0.717, 1.165) is 63.8 Å². The van der Waals surface area contributed by atoms with E-state index in [2.05, 4.69) is 31.6 Å². The second-order valence-corrected chi connectivity index (χ2v) is 7.30. The van der Waals surface area contributed by atoms with E-state index in [1.54, 1.807) is 6.20 Å². The molecule has 2 aromatic heterocycles. The molecule has 1 saturated heterocycles. The van der Waals surface area contributed by atoms with Crippen LogP contribution in [0.25, 0.3) is 0 Å². The lowest BCUT2D eigenvalue weighted by atomic mass is 9.80. The van der Waals surface area contributed by atoms with E-state index in [4.69, 9.17) is 5.73 Å². The maximum atomic E-state index is 12.4. The number of rotatable bonds is 5. The van der Waals surface area contributed by atoms with Gasteiger partial charge >= 0.3 is 0 Å². The van der Waals surface area contributed by atoms with Gasteiger partial charge in [0.05, 0.1) is 6.54 Å². The molecule has 1 aliphatic carbocycles. The Kier molecular flexibility index (Phi) is 4.78. The van der Waals surface area contributed by atoms with Crippen LogP contribution in [0.1, 0.15) is 47.8 Å². The number of hydrogen-bond acceptors (Lipinski definition) is 5. The van der Waals surface area contributed by atoms with Crippen LogP contribution < -0.4 is 5.73 Å². The molecule has 8 heteroatoms. The van der Waals surface area contributed by atoms with Crippen molar-refractivity contribution < 1.29 is 4.79 Å². The van der Waals surface area contributed by atoms with Crippen molar-refractivity contribution >= 4 is 5.91 Å². The number of carbonyl (C=O) groups is 1. The first-order valence-electron chi connectivity index (χ1n) is 9.48. The highest BCUT2D eigenvalue weighted by atomic mass is 16.2. The van der Waals surface area contributed by atoms with E-state index in [0.29, 0.717) is 17.7 Å². The van der Waals surface area contributed by atoms with Gasteiger partial charge in [0.15, 0.2) is 0 Å². The van der Waals surface area contributed by atoms with Crippen molar-refractivity contribution in [1.29, 1.82) is 0 Å². The Morgan fingerprint density at radius 2 is 2.04 bits per heavy atom. The molecule has 2 aliphatic rings. The predicted octanol–water partition coefficient (Wildman–Crippen LogP) is 0.789. The molecule has 3 N–H and O–H groups in total. The number of nitrogens with zero attached hydrogens (tertiary/aromatic N) is 5. The molecule has 8 nitrogen and oxygen atoms in total. The summed E-state index contributed by atoms with van der Waals surface area (Å²) < 4.78 is 2.24. The summed E-state index contributed by atoms with van der Waals surface area (Å²) in [5.74, 6) is 2.65. The standard InChI is InChI=1S/C18H27N7O/c1-2-25-16(21-22-17(25)13-10-14(19)11-13)12-23-6-8-24(9-7-23)18(26)15-4-3-5-20-15/h3-5,13-14,20H,2,6-12,19H2,1H3. The molecule has 0 radical (unpaired) electrons. The van der Waals surface area contributed by atoms with Gasteiger partial charge in [-0.1, -0.05) is 0 Å². The third kappa shape index (κ3) is 3.26. The highest BCUT2D eigenvalue weighted by Crippen LogP contribution is 2.34. The van der Waals surface area contributed by atoms with Crippen LogP contribution >= 0.6 is 0 Å². The van der Waals surface area contributed by atoms with Crippen molar-refractivity contribution in [3.05, 3.63) is 35.7 Å². The smallest absolute Gasteiger partial charge is 0.270 e. The normalized spacial score (nSPS) is 23.8. The second-order valence-electron chi connectivity index (χ2n) is 7.30. The van der Waals surface area contributed by atoms with Crippen molar-refractivity contribution in [2.75, 3.05) is 26.2 Å². The average Bonchev–Trinajstić information content (AvgIpc) is 3.29. The van der Waals surface area contributed by atoms with Gasteiger partial charge in [0, 0.05) is 50.9 Å². The van der Waals surface area contributed by atoms with Crippen LogP contribution in [0.5, 0.6) is 0 Å². The number of piperazine rings is 1. The van der Waals surface area contributed by atoms with Crippen LogP contribution in [-0.2, 0) is 13.1 Å². The maximum absolute atomic E-state index is 12.4. The maximum Gasteiger partial charge on any atom is 0.270 e. The van der Waals surface area contributed by atoms with Crippen molar-refractivity contribution in [2.45, 2.75) is 44.8 Å². The van der Waals surface area contributed by atoms with Gasteiger partial charge in [-0.2, -0.15) is 0 Å². The summed E-state index contributed by atoms with van der Waals surface area (Å²) in [6, 6.07) is 4.00. The number of carbonyl (C=O) groups excluding carboxylic acids is 1. The third-order valence-corrected chi connectivity index (χ3v) is 5.56. The molecule has 4 rings (SSSR count). The first-order chi connectivity index (χ1) is 12.7. The summed E-state index contributed by atoms with van der Waals surface area (Å²) in [7, 11) is 0. The van der Waals surface area contributed by atoms with Gasteiger partial charge in [0.1, 0.15) is 17.3 Å². The lowest BCUT2D eigenvalue weighted by Gasteiger charge is -2.34. The Balaban J connectivity index is 1.35. The molecule has 140 valence electrons. The van der Waals surface area contributed by atoms with Crippen LogP contribution in [0.3, 0.4) is 0 Å². The monoisotopic (exact) mass is 357 g/mol. The number of hydrogen-bond donors (Lipinski definition) is 2. The quantitative estimate of drug-likeness (QED) is 0.825. The zero-order valence-electron chi connectivity index (χ0n) is 15.3. The SMILES string of the molecule is CCn1c(CN2CCN(C(=O)c3ccc[nH]3)CC2)nnc1C1CC(N)C1. The molecule has 2 fully saturated rings. The van der Waals surface area contributed by atoms with Crippen molar-refractivity contribution in [1.82, 2.24) is 29.5 Å². The molecule has 1 aliphatic heterocycles. The molecule has 0 unspecified atom stereocenters. The zero-order valence-corrected chi connectivity index (χ0v) is 15.3. The van der Waals surface area contributed by atoms with E-state index in [-0.39, 0.29) is 5.91 Å². The van der Waals surface area contributed by atoms with E-state index in [1.165, 1.54) is 0 Å². The fourth-order valence-electron chi connectivity index (χ4n) is 3.93. The molecule has 0 atom stereocenters. The first kappa shape index (κ1) is 17.2. The van der Waals surface area contributed by atoms with Crippen LogP contribution in [0, 0.1) is 0 Å². The van der Waals surface area contributed by atoms with Crippen LogP contribution in [0.15, 0.2) is 18.3 Å². The second kappa shape index (κ2) is 7.20. The van der Waals surface area contributed by atoms with Crippen LogP contribution in [0.2, 0.25) is 0 Å². The molecule has 26 heavy (non-hydrogen) atoms. The number of H-pyrrole nitrogens is 1. The minimum Gasteiger partial charge on any atom is -0.357 e. The molecular weight excluding hydrogens is 330 g/mol. The summed E-state index contributed by atoms with van der Waals surface area (Å²) in [5, 5.41) is 8.90. The molecule has 0 bridgehead atoms. The highest BCUT2D eigenvalue weighted by Gasteiger charge is 2.32. The van der Waals surface area contributed by atoms with Crippen molar-refractivity contribution in [3.8, 4) is 0 Å². The Labute approximate surface area is 153 Å². The molecule has 3 heterocycles. The van der Waals surface area contributed by atoms with Crippen LogP contribution in [-0.4, -0.2) is 67.7 Å². The fourth-order valence-corrected chi connectivity index (χ4v) is 3.93. The van der Waals surface area contributed by atoms with Crippen LogP contribution in [0.4, 0.5) is 0 Å². The number of amides is 1. The molecule has 0 aromatic carbocycles. The summed E-state index contributed by atoms with van der Waals surface area (Å²) >= 11 is 0. The Hall–Kier alpha value is -2.19. The van der Waals surface area contributed by atoms with Gasteiger partial charge in [-0.3, -0.25) is 9.69 Å². The van der Waals surface area contributed by atoms with E-state index in [9.17, 15) is 4.79 Å². The number of aromatic nitrogens is 4. The third-order valence-electron chi connectivity index (χ3n) is 5.56. The van der Waals surface area contributed by atoms with Gasteiger partial charge in [-0.15, -0.1) is 10.2 Å². The van der Waals surface area contributed by atoms with Gasteiger partial charge in [0.25, 0.3) is 5.91 Å². The topological polar surface area (TPSA) is 96.1 Å². The van der Waals surface area contributed by atoms with E-state index < -0.39 is 0 Å². The minimum atomic E-state index is 0.0787. The number of nitrogens with two attached hydrogens (primary N) is 1. The Morgan fingerprint density at radius 3 is 2.65 bits per heavy atom. The number of aromatic amines is 1. The fraction of sp³-hybridized carbons (Fsp3) is 0.611. The van der Waals surface area contributed by atoms with Gasteiger partial charge in [-0.05, 0) is 31.9 Å². The first-order valence-corrected chi connectivity index (χ1v) is 9.48. The average molecular weight is 357 g/mol. The van der Waals surface area contributed by atoms with Crippen molar-refractivity contribution in [3.63, 3.8) is 0 Å². The predicted molar refractivity (Wildman–Crippen MR) is 97.6 cm³/mol. The van der Waals surface area contributed by atoms with E-state index in [1.807, 2.05) is 17.0 Å². The summed E-state index contributed by atoms with van der Waals surface area (Å²) in [6.45, 7) is 6.99. The van der Waals surface area contributed by atoms with E-state index >= 15 is 0 Å². The lowest BCUT2D eigenvalue weighted by Crippen LogP contribution is -2.48. The summed E-state index contributed by atoms with van der Waals surface area (Å²) in [6.07, 6.45) is 3.81. The highest BCUT2D eigenvalue weighted by molar-refractivity contribution is 5.92. The van der Waals surface area contributed by atoms with Gasteiger partial charge in [0.2, 0.25) is 0 Å². The zero-order chi connectivity index (χ0) is 18.1. The number of nitrogens with one attached hydrogen (secondary N) is 1. The molecule has 1 amide bonds. The lowest BCUT2D eigenvalue weighted by molar-refractivity contribution is 0.0618. The summed E-state index contributed by atoms with van der Waals surface area (Å²) in [4.78, 5) is 19.7.